The van der Waals surface area contributed by atoms with Gasteiger partial charge in [0.1, 0.15) is 0 Å². The first-order valence-electron chi connectivity index (χ1n) is 5.12. The fourth-order valence-electron chi connectivity index (χ4n) is 2.48. The molecule has 0 amide bonds. The molecule has 2 heteroatoms. The molecule has 1 aromatic rings. The molecule has 2 atom stereocenters. The van der Waals surface area contributed by atoms with Gasteiger partial charge in [0, 0.05) is 11.1 Å². The van der Waals surface area contributed by atoms with Crippen LogP contribution in [-0.2, 0) is 5.41 Å². The predicted molar refractivity (Wildman–Crippen MR) is 60.6 cm³/mol. The molecule has 0 saturated heterocycles. The highest BCUT2D eigenvalue weighted by Gasteiger charge is 2.35. The van der Waals surface area contributed by atoms with Gasteiger partial charge in [0.2, 0.25) is 0 Å². The molecule has 76 valence electrons. The number of halogens is 1. The summed E-state index contributed by atoms with van der Waals surface area (Å²) in [5.74, 6) is 0. The molecule has 0 bridgehead atoms. The van der Waals surface area contributed by atoms with Gasteiger partial charge in [-0.25, -0.2) is 0 Å². The Hall–Kier alpha value is -0.530. The summed E-state index contributed by atoms with van der Waals surface area (Å²) in [5, 5.41) is 0.879. The van der Waals surface area contributed by atoms with Crippen LogP contribution in [0.15, 0.2) is 24.3 Å². The third-order valence-electron chi connectivity index (χ3n) is 3.30. The fourth-order valence-corrected chi connectivity index (χ4v) is 2.85. The van der Waals surface area contributed by atoms with E-state index in [1.54, 1.807) is 0 Å². The molecular formula is C12H16ClN. The van der Waals surface area contributed by atoms with E-state index in [9.17, 15) is 0 Å². The van der Waals surface area contributed by atoms with E-state index in [0.717, 1.165) is 24.3 Å². The summed E-state index contributed by atoms with van der Waals surface area (Å²) in [6.45, 7) is 2.26. The summed E-state index contributed by atoms with van der Waals surface area (Å²) >= 11 is 6.20. The maximum Gasteiger partial charge on any atom is 0.0443 e. The first-order valence-corrected chi connectivity index (χ1v) is 5.50. The molecule has 1 aliphatic rings. The zero-order valence-electron chi connectivity index (χ0n) is 8.46. The lowest BCUT2D eigenvalue weighted by Crippen LogP contribution is -2.22. The highest BCUT2D eigenvalue weighted by Crippen LogP contribution is 2.42. The van der Waals surface area contributed by atoms with Crippen LogP contribution in [0.3, 0.4) is 0 Å². The van der Waals surface area contributed by atoms with Crippen LogP contribution < -0.4 is 5.73 Å². The summed E-state index contributed by atoms with van der Waals surface area (Å²) in [6, 6.07) is 8.46. The van der Waals surface area contributed by atoms with Crippen LogP contribution in [0.1, 0.15) is 31.7 Å². The van der Waals surface area contributed by atoms with Gasteiger partial charge >= 0.3 is 0 Å². The van der Waals surface area contributed by atoms with Crippen LogP contribution in [0.4, 0.5) is 0 Å². The molecule has 1 aliphatic carbocycles. The summed E-state index contributed by atoms with van der Waals surface area (Å²) in [5.41, 5.74) is 7.41. The van der Waals surface area contributed by atoms with E-state index < -0.39 is 0 Å². The van der Waals surface area contributed by atoms with Gasteiger partial charge in [-0.05, 0) is 36.3 Å². The lowest BCUT2D eigenvalue weighted by molar-refractivity contribution is 0.482. The predicted octanol–water partition coefficient (Wildman–Crippen LogP) is 3.11. The Morgan fingerprint density at radius 1 is 1.43 bits per heavy atom. The van der Waals surface area contributed by atoms with Gasteiger partial charge in [-0.1, -0.05) is 36.7 Å². The Labute approximate surface area is 90.3 Å². The third-order valence-corrected chi connectivity index (χ3v) is 3.63. The minimum Gasteiger partial charge on any atom is -0.328 e. The molecule has 14 heavy (non-hydrogen) atoms. The Morgan fingerprint density at radius 3 is 2.71 bits per heavy atom. The van der Waals surface area contributed by atoms with E-state index in [2.05, 4.69) is 19.1 Å². The molecule has 2 unspecified atom stereocenters. The van der Waals surface area contributed by atoms with E-state index >= 15 is 0 Å². The van der Waals surface area contributed by atoms with Gasteiger partial charge in [-0.2, -0.15) is 0 Å². The quantitative estimate of drug-likeness (QED) is 0.756. The lowest BCUT2D eigenvalue weighted by atomic mass is 9.81. The largest absolute Gasteiger partial charge is 0.328 e. The summed E-state index contributed by atoms with van der Waals surface area (Å²) in [6.07, 6.45) is 3.32. The molecule has 0 radical (unpaired) electrons. The van der Waals surface area contributed by atoms with Crippen LogP contribution >= 0.6 is 11.6 Å². The summed E-state index contributed by atoms with van der Waals surface area (Å²) < 4.78 is 0. The monoisotopic (exact) mass is 209 g/mol. The van der Waals surface area contributed by atoms with Gasteiger partial charge in [0.15, 0.2) is 0 Å². The van der Waals surface area contributed by atoms with E-state index in [4.69, 9.17) is 17.3 Å². The molecule has 2 rings (SSSR count). The van der Waals surface area contributed by atoms with E-state index in [1.165, 1.54) is 5.56 Å². The highest BCUT2D eigenvalue weighted by molar-refractivity contribution is 6.31. The molecule has 1 saturated carbocycles. The van der Waals surface area contributed by atoms with Gasteiger partial charge in [0.25, 0.3) is 0 Å². The zero-order chi connectivity index (χ0) is 10.2. The van der Waals surface area contributed by atoms with Gasteiger partial charge in [0.05, 0.1) is 0 Å². The van der Waals surface area contributed by atoms with E-state index in [1.807, 2.05) is 12.1 Å². The van der Waals surface area contributed by atoms with Crippen LogP contribution in [0, 0.1) is 0 Å². The van der Waals surface area contributed by atoms with Crippen molar-refractivity contribution in [2.24, 2.45) is 5.73 Å². The first-order chi connectivity index (χ1) is 6.62. The molecular weight excluding hydrogens is 194 g/mol. The number of hydrogen-bond acceptors (Lipinski definition) is 1. The van der Waals surface area contributed by atoms with Crippen molar-refractivity contribution in [1.82, 2.24) is 0 Å². The number of hydrogen-bond donors (Lipinski definition) is 1. The third kappa shape index (κ3) is 1.67. The first kappa shape index (κ1) is 10.0. The molecule has 0 heterocycles. The van der Waals surface area contributed by atoms with E-state index in [-0.39, 0.29) is 5.41 Å². The van der Waals surface area contributed by atoms with Crippen LogP contribution in [-0.4, -0.2) is 6.04 Å². The van der Waals surface area contributed by atoms with Gasteiger partial charge in [-0.15, -0.1) is 0 Å². The normalized spacial score (nSPS) is 32.1. The Morgan fingerprint density at radius 2 is 2.14 bits per heavy atom. The minimum atomic E-state index is 0.192. The van der Waals surface area contributed by atoms with Gasteiger partial charge < -0.3 is 5.73 Å². The Kier molecular flexibility index (Phi) is 2.54. The topological polar surface area (TPSA) is 26.0 Å². The maximum absolute atomic E-state index is 6.20. The molecule has 0 aromatic heterocycles. The average Bonchev–Trinajstić information content (AvgIpc) is 2.48. The molecule has 0 spiro atoms. The van der Waals surface area contributed by atoms with Crippen molar-refractivity contribution in [1.29, 1.82) is 0 Å². The van der Waals surface area contributed by atoms with Gasteiger partial charge in [-0.3, -0.25) is 0 Å². The summed E-state index contributed by atoms with van der Waals surface area (Å²) in [7, 11) is 0. The number of benzene rings is 1. The molecule has 1 aromatic carbocycles. The second kappa shape index (κ2) is 3.56. The molecule has 2 N–H and O–H groups in total. The lowest BCUT2D eigenvalue weighted by Gasteiger charge is -2.25. The van der Waals surface area contributed by atoms with Crippen LogP contribution in [0.2, 0.25) is 5.02 Å². The van der Waals surface area contributed by atoms with Crippen LogP contribution in [0.25, 0.3) is 0 Å². The second-order valence-corrected chi connectivity index (χ2v) is 4.95. The molecule has 0 aliphatic heterocycles. The number of rotatable bonds is 1. The zero-order valence-corrected chi connectivity index (χ0v) is 9.22. The Bertz CT molecular complexity index is 337. The molecule has 1 fully saturated rings. The SMILES string of the molecule is CC1(c2ccccc2Cl)CCC(N)C1. The summed E-state index contributed by atoms with van der Waals surface area (Å²) in [4.78, 5) is 0. The molecule has 1 nitrogen and oxygen atoms in total. The maximum atomic E-state index is 6.20. The van der Waals surface area contributed by atoms with Crippen LogP contribution in [0.5, 0.6) is 0 Å². The van der Waals surface area contributed by atoms with Crippen molar-refractivity contribution in [2.45, 2.75) is 37.6 Å². The van der Waals surface area contributed by atoms with Crippen molar-refractivity contribution in [3.05, 3.63) is 34.9 Å². The standard InChI is InChI=1S/C12H16ClN/c1-12(7-6-9(14)8-12)10-4-2-3-5-11(10)13/h2-5,9H,6-8,14H2,1H3. The van der Waals surface area contributed by atoms with Crippen molar-refractivity contribution in [3.8, 4) is 0 Å². The smallest absolute Gasteiger partial charge is 0.0443 e. The van der Waals surface area contributed by atoms with Crippen molar-refractivity contribution in [2.75, 3.05) is 0 Å². The average molecular weight is 210 g/mol. The van der Waals surface area contributed by atoms with Crippen molar-refractivity contribution in [3.63, 3.8) is 0 Å². The Balaban J connectivity index is 2.35. The second-order valence-electron chi connectivity index (χ2n) is 4.54. The van der Waals surface area contributed by atoms with Crippen molar-refractivity contribution >= 4 is 11.6 Å². The minimum absolute atomic E-state index is 0.192. The number of nitrogens with two attached hydrogens (primary N) is 1. The fraction of sp³-hybridized carbons (Fsp3) is 0.500. The van der Waals surface area contributed by atoms with E-state index in [0.29, 0.717) is 6.04 Å². The highest BCUT2D eigenvalue weighted by atomic mass is 35.5. The van der Waals surface area contributed by atoms with Crippen molar-refractivity contribution < 1.29 is 0 Å².